The van der Waals surface area contributed by atoms with Gasteiger partial charge in [-0.3, -0.25) is 4.90 Å². The summed E-state index contributed by atoms with van der Waals surface area (Å²) in [5, 5.41) is 4.15. The van der Waals surface area contributed by atoms with E-state index in [4.69, 9.17) is 9.52 Å². The second-order valence-electron chi connectivity index (χ2n) is 7.93. The lowest BCUT2D eigenvalue weighted by atomic mass is 10.1. The second kappa shape index (κ2) is 9.29. The Hall–Kier alpha value is -1.07. The topological polar surface area (TPSA) is 57.8 Å². The van der Waals surface area contributed by atoms with Crippen molar-refractivity contribution in [3.8, 4) is 11.4 Å². The first-order valence-corrected chi connectivity index (χ1v) is 13.4. The van der Waals surface area contributed by atoms with Gasteiger partial charge in [-0.25, -0.2) is 4.99 Å². The van der Waals surface area contributed by atoms with Gasteiger partial charge in [0.05, 0.1) is 16.7 Å². The van der Waals surface area contributed by atoms with Gasteiger partial charge >= 0.3 is 0 Å². The van der Waals surface area contributed by atoms with Crippen LogP contribution in [0.15, 0.2) is 51.7 Å². The zero-order valence-corrected chi connectivity index (χ0v) is 23.6. The molecule has 5 rings (SSSR count). The molecular formula is C22H19Br4N5O. The van der Waals surface area contributed by atoms with E-state index in [-0.39, 0.29) is 0 Å². The minimum Gasteiger partial charge on any atom is -0.357 e. The molecule has 0 aliphatic carbocycles. The van der Waals surface area contributed by atoms with Crippen LogP contribution in [0.25, 0.3) is 11.4 Å². The van der Waals surface area contributed by atoms with Crippen LogP contribution in [0.5, 0.6) is 0 Å². The largest absolute Gasteiger partial charge is 0.357 e. The zero-order valence-electron chi connectivity index (χ0n) is 17.2. The summed E-state index contributed by atoms with van der Waals surface area (Å²) in [5.74, 6) is 2.41. The van der Waals surface area contributed by atoms with Gasteiger partial charge in [-0.15, -0.1) is 0 Å². The first-order chi connectivity index (χ1) is 15.4. The normalized spacial score (nSPS) is 16.4. The monoisotopic (exact) mass is 685 g/mol. The van der Waals surface area contributed by atoms with Gasteiger partial charge in [0, 0.05) is 57.1 Å². The van der Waals surface area contributed by atoms with Crippen LogP contribution >= 0.6 is 63.7 Å². The number of amidine groups is 1. The molecule has 1 aromatic heterocycles. The van der Waals surface area contributed by atoms with Crippen LogP contribution in [-0.4, -0.2) is 52.0 Å². The number of aliphatic imine (C=N–C) groups is 1. The van der Waals surface area contributed by atoms with Crippen LogP contribution in [0.2, 0.25) is 0 Å². The van der Waals surface area contributed by atoms with Crippen molar-refractivity contribution >= 4 is 75.2 Å². The van der Waals surface area contributed by atoms with Gasteiger partial charge in [0.1, 0.15) is 5.84 Å². The highest BCUT2D eigenvalue weighted by Crippen LogP contribution is 2.48. The van der Waals surface area contributed by atoms with E-state index in [9.17, 15) is 0 Å². The number of rotatable bonds is 3. The second-order valence-corrected chi connectivity index (χ2v) is 11.1. The highest BCUT2D eigenvalue weighted by atomic mass is 79.9. The Morgan fingerprint density at radius 3 is 2.31 bits per heavy atom. The first-order valence-electron chi connectivity index (χ1n) is 10.2. The molecule has 0 amide bonds. The Bertz CT molecular complexity index is 1200. The summed E-state index contributed by atoms with van der Waals surface area (Å²) in [4.78, 5) is 14.3. The molecule has 3 aromatic rings. The number of piperazine rings is 1. The quantitative estimate of drug-likeness (QED) is 0.233. The van der Waals surface area contributed by atoms with Crippen LogP contribution in [0.1, 0.15) is 17.0 Å². The molecule has 0 bridgehead atoms. The summed E-state index contributed by atoms with van der Waals surface area (Å²) < 4.78 is 9.53. The molecule has 0 saturated carbocycles. The molecule has 2 aromatic carbocycles. The van der Waals surface area contributed by atoms with E-state index < -0.39 is 0 Å². The lowest BCUT2D eigenvalue weighted by Crippen LogP contribution is -2.48. The van der Waals surface area contributed by atoms with E-state index >= 15 is 0 Å². The van der Waals surface area contributed by atoms with E-state index in [1.54, 1.807) is 0 Å². The Labute approximate surface area is 220 Å². The van der Waals surface area contributed by atoms with Gasteiger partial charge in [-0.2, -0.15) is 4.98 Å². The van der Waals surface area contributed by atoms with Gasteiger partial charge in [-0.1, -0.05) is 35.0 Å². The van der Waals surface area contributed by atoms with Crippen LogP contribution in [-0.2, 0) is 13.0 Å². The highest BCUT2D eigenvalue weighted by molar-refractivity contribution is 9.15. The fourth-order valence-electron chi connectivity index (χ4n) is 3.95. The van der Waals surface area contributed by atoms with Crippen LogP contribution < -0.4 is 0 Å². The number of nitrogens with zero attached hydrogens (tertiary/aromatic N) is 5. The Kier molecular flexibility index (Phi) is 6.59. The third kappa shape index (κ3) is 4.36. The molecule has 0 spiro atoms. The van der Waals surface area contributed by atoms with Crippen molar-refractivity contribution in [1.82, 2.24) is 19.9 Å². The first kappa shape index (κ1) is 22.7. The van der Waals surface area contributed by atoms with Crippen molar-refractivity contribution in [2.24, 2.45) is 4.99 Å². The zero-order chi connectivity index (χ0) is 22.4. The van der Waals surface area contributed by atoms with E-state index in [1.165, 1.54) is 11.1 Å². The summed E-state index contributed by atoms with van der Waals surface area (Å²) in [6.45, 7) is 6.42. The Morgan fingerprint density at radius 2 is 1.59 bits per heavy atom. The average Bonchev–Trinajstić information content (AvgIpc) is 3.45. The summed E-state index contributed by atoms with van der Waals surface area (Å²) in [6.07, 6.45) is 0.823. The summed E-state index contributed by atoms with van der Waals surface area (Å²) in [5.41, 5.74) is 4.40. The lowest BCUT2D eigenvalue weighted by molar-refractivity contribution is 0.157. The molecule has 6 nitrogen and oxygen atoms in total. The van der Waals surface area contributed by atoms with E-state index in [2.05, 4.69) is 103 Å². The highest BCUT2D eigenvalue weighted by Gasteiger charge is 2.29. The molecule has 2 aliphatic heterocycles. The number of fused-ring (bicyclic) bond motifs is 1. The molecule has 1 saturated heterocycles. The minimum absolute atomic E-state index is 0.644. The molecular weight excluding hydrogens is 670 g/mol. The summed E-state index contributed by atoms with van der Waals surface area (Å²) in [6, 6.07) is 8.17. The number of halogens is 4. The maximum absolute atomic E-state index is 5.51. The van der Waals surface area contributed by atoms with E-state index in [1.807, 2.05) is 12.1 Å². The third-order valence-corrected chi connectivity index (χ3v) is 10.6. The summed E-state index contributed by atoms with van der Waals surface area (Å²) >= 11 is 14.7. The fourth-order valence-corrected chi connectivity index (χ4v) is 6.36. The van der Waals surface area contributed by atoms with Gasteiger partial charge in [0.25, 0.3) is 0 Å². The van der Waals surface area contributed by atoms with Crippen molar-refractivity contribution in [3.05, 3.63) is 59.2 Å². The fraction of sp³-hybridized carbons (Fsp3) is 0.318. The number of hydrogen-bond acceptors (Lipinski definition) is 6. The molecule has 0 atom stereocenters. The van der Waals surface area contributed by atoms with Crippen LogP contribution in [0.3, 0.4) is 0 Å². The Balaban J connectivity index is 1.21. The summed E-state index contributed by atoms with van der Waals surface area (Å²) in [7, 11) is 0. The molecule has 0 unspecified atom stereocenters. The van der Waals surface area contributed by atoms with Crippen LogP contribution in [0.4, 0.5) is 5.69 Å². The molecule has 1 fully saturated rings. The molecule has 2 aliphatic rings. The molecule has 166 valence electrons. The van der Waals surface area contributed by atoms with Crippen molar-refractivity contribution < 1.29 is 4.52 Å². The SMILES string of the molecule is Cc1ccc(-c2noc(CN3CCN(C4=Nc5c(Br)c(Br)c(Br)c(Br)c5C4)CC3)n2)cc1. The predicted octanol–water partition coefficient (Wildman–Crippen LogP) is 6.50. The Morgan fingerprint density at radius 1 is 0.906 bits per heavy atom. The van der Waals surface area contributed by atoms with Gasteiger partial charge in [0.2, 0.25) is 11.7 Å². The number of aromatic nitrogens is 2. The predicted molar refractivity (Wildman–Crippen MR) is 139 cm³/mol. The standard InChI is InChI=1S/C22H19Br4N5O/c1-12-2-4-13(5-3-12)22-28-16(32-29-22)11-30-6-8-31(9-7-30)15-10-14-17(23)18(24)19(25)20(26)21(14)27-15/h2-5H,6-11H2,1H3. The number of benzene rings is 2. The van der Waals surface area contributed by atoms with E-state index in [0.29, 0.717) is 18.3 Å². The molecule has 3 heterocycles. The van der Waals surface area contributed by atoms with Gasteiger partial charge in [0.15, 0.2) is 0 Å². The maximum atomic E-state index is 5.51. The maximum Gasteiger partial charge on any atom is 0.241 e. The smallest absolute Gasteiger partial charge is 0.241 e. The van der Waals surface area contributed by atoms with Gasteiger partial charge < -0.3 is 9.42 Å². The van der Waals surface area contributed by atoms with E-state index in [0.717, 1.165) is 67.6 Å². The van der Waals surface area contributed by atoms with Crippen molar-refractivity contribution in [1.29, 1.82) is 0 Å². The van der Waals surface area contributed by atoms with Crippen LogP contribution in [0, 0.1) is 6.92 Å². The van der Waals surface area contributed by atoms with Crippen molar-refractivity contribution in [2.75, 3.05) is 26.2 Å². The molecule has 0 N–H and O–H groups in total. The third-order valence-electron chi connectivity index (χ3n) is 5.79. The molecule has 10 heteroatoms. The van der Waals surface area contributed by atoms with Crippen molar-refractivity contribution in [2.45, 2.75) is 19.9 Å². The molecule has 0 radical (unpaired) electrons. The molecule has 32 heavy (non-hydrogen) atoms. The number of hydrogen-bond donors (Lipinski definition) is 0. The van der Waals surface area contributed by atoms with Crippen molar-refractivity contribution in [3.63, 3.8) is 0 Å². The minimum atomic E-state index is 0.644. The van der Waals surface area contributed by atoms with Gasteiger partial charge in [-0.05, 0) is 70.6 Å². The number of aryl methyl sites for hydroxylation is 1. The average molecular weight is 689 g/mol. The lowest BCUT2D eigenvalue weighted by Gasteiger charge is -2.35.